The fraction of sp³-hybridized carbons (Fsp3) is 0.893. The standard InChI is InChI=1S/C28H46O6/c1-15(2)16(3)11-24(32)27(6,33)23-8-10-28(34)18-12-20(29)19-13-21(30)22(31)14-25(19,4)17(18)7-9-26(23,28)5/h12,15-17,19,21-24,30-34H,7-11,13-14H2,1-6H3/t16-,17+,19+,21-,22+,23+,24-,25-,26-,27-,28-/m1/s1. The summed E-state index contributed by atoms with van der Waals surface area (Å²) in [5.74, 6) is -0.126. The van der Waals surface area contributed by atoms with Crippen molar-refractivity contribution in [1.29, 1.82) is 0 Å². The molecule has 0 heterocycles. The molecule has 4 rings (SSSR count). The van der Waals surface area contributed by atoms with Crippen LogP contribution in [0.25, 0.3) is 0 Å². The van der Waals surface area contributed by atoms with E-state index < -0.39 is 40.3 Å². The SMILES string of the molecule is CC(C)[C@H](C)C[C@@H](O)[C@](C)(O)[C@H]1CC[C@@]2(O)C3=CC(=O)[C@@H]4C[C@@H](O)[C@@H](O)C[C@]4(C)[C@H]3CC[C@]12C. The number of carbonyl (C=O) groups excluding carboxylic acids is 1. The first kappa shape index (κ1) is 26.3. The van der Waals surface area contributed by atoms with Crippen LogP contribution in [0.1, 0.15) is 86.5 Å². The monoisotopic (exact) mass is 478 g/mol. The van der Waals surface area contributed by atoms with Gasteiger partial charge in [0.1, 0.15) is 0 Å². The molecule has 6 nitrogen and oxygen atoms in total. The largest absolute Gasteiger partial charge is 0.390 e. The number of ketones is 1. The maximum atomic E-state index is 13.3. The van der Waals surface area contributed by atoms with E-state index in [0.717, 1.165) is 12.0 Å². The molecular formula is C28H46O6. The van der Waals surface area contributed by atoms with Crippen LogP contribution in [0.4, 0.5) is 0 Å². The highest BCUT2D eigenvalue weighted by atomic mass is 16.3. The van der Waals surface area contributed by atoms with E-state index in [1.54, 1.807) is 13.0 Å². The Morgan fingerprint density at radius 1 is 1.09 bits per heavy atom. The smallest absolute Gasteiger partial charge is 0.159 e. The van der Waals surface area contributed by atoms with Crippen LogP contribution in [0.3, 0.4) is 0 Å². The molecule has 0 aromatic rings. The summed E-state index contributed by atoms with van der Waals surface area (Å²) in [6.45, 7) is 12.1. The van der Waals surface area contributed by atoms with Gasteiger partial charge in [0, 0.05) is 11.3 Å². The zero-order valence-corrected chi connectivity index (χ0v) is 21.8. The fourth-order valence-corrected chi connectivity index (χ4v) is 8.40. The number of aliphatic hydroxyl groups is 5. The molecule has 4 aliphatic carbocycles. The van der Waals surface area contributed by atoms with Gasteiger partial charge in [0.2, 0.25) is 0 Å². The van der Waals surface area contributed by atoms with Crippen LogP contribution in [-0.2, 0) is 4.79 Å². The lowest BCUT2D eigenvalue weighted by Crippen LogP contribution is -2.62. The van der Waals surface area contributed by atoms with E-state index in [4.69, 9.17) is 0 Å². The van der Waals surface area contributed by atoms with Gasteiger partial charge in [0.15, 0.2) is 5.78 Å². The van der Waals surface area contributed by atoms with E-state index in [0.29, 0.717) is 38.0 Å². The zero-order chi connectivity index (χ0) is 25.4. The van der Waals surface area contributed by atoms with Gasteiger partial charge in [-0.15, -0.1) is 0 Å². The van der Waals surface area contributed by atoms with Crippen molar-refractivity contribution in [3.8, 4) is 0 Å². The van der Waals surface area contributed by atoms with Crippen molar-refractivity contribution < 1.29 is 30.3 Å². The summed E-state index contributed by atoms with van der Waals surface area (Å²) in [6.07, 6.45) is 2.51. The van der Waals surface area contributed by atoms with Gasteiger partial charge in [-0.1, -0.05) is 34.6 Å². The Balaban J connectivity index is 1.68. The summed E-state index contributed by atoms with van der Waals surface area (Å²) in [7, 11) is 0. The number of hydrogen-bond acceptors (Lipinski definition) is 6. The lowest BCUT2D eigenvalue weighted by Gasteiger charge is -2.60. The first-order chi connectivity index (χ1) is 15.6. The molecule has 3 saturated carbocycles. The number of fused-ring (bicyclic) bond motifs is 5. The molecule has 0 radical (unpaired) electrons. The molecule has 3 fully saturated rings. The van der Waals surface area contributed by atoms with Crippen molar-refractivity contribution in [2.24, 2.45) is 40.4 Å². The second kappa shape index (κ2) is 8.37. The fourth-order valence-electron chi connectivity index (χ4n) is 8.40. The van der Waals surface area contributed by atoms with Crippen molar-refractivity contribution in [2.45, 2.75) is 116 Å². The first-order valence-corrected chi connectivity index (χ1v) is 13.3. The molecule has 11 atom stereocenters. The van der Waals surface area contributed by atoms with E-state index in [1.807, 2.05) is 13.8 Å². The van der Waals surface area contributed by atoms with Crippen LogP contribution >= 0.6 is 0 Å². The average molecular weight is 479 g/mol. The topological polar surface area (TPSA) is 118 Å². The van der Waals surface area contributed by atoms with Crippen LogP contribution in [0, 0.1) is 40.4 Å². The van der Waals surface area contributed by atoms with Crippen molar-refractivity contribution in [3.05, 3.63) is 11.6 Å². The Morgan fingerprint density at radius 2 is 1.74 bits per heavy atom. The van der Waals surface area contributed by atoms with E-state index >= 15 is 0 Å². The van der Waals surface area contributed by atoms with Gasteiger partial charge in [-0.3, -0.25) is 4.79 Å². The van der Waals surface area contributed by atoms with Crippen LogP contribution in [0.5, 0.6) is 0 Å². The molecule has 0 amide bonds. The summed E-state index contributed by atoms with van der Waals surface area (Å²) in [5, 5.41) is 55.8. The Labute approximate surface area is 204 Å². The predicted molar refractivity (Wildman–Crippen MR) is 130 cm³/mol. The van der Waals surface area contributed by atoms with E-state index in [2.05, 4.69) is 20.8 Å². The molecular weight excluding hydrogens is 432 g/mol. The Morgan fingerprint density at radius 3 is 2.35 bits per heavy atom. The Kier molecular flexibility index (Phi) is 6.47. The normalized spacial score (nSPS) is 47.8. The summed E-state index contributed by atoms with van der Waals surface area (Å²) in [4.78, 5) is 13.3. The second-order valence-electron chi connectivity index (χ2n) is 13.3. The number of carbonyl (C=O) groups is 1. The summed E-state index contributed by atoms with van der Waals surface area (Å²) in [6, 6.07) is 0. The van der Waals surface area contributed by atoms with Crippen molar-refractivity contribution >= 4 is 5.78 Å². The lowest BCUT2D eigenvalue weighted by atomic mass is 9.45. The highest BCUT2D eigenvalue weighted by Crippen LogP contribution is 2.68. The minimum absolute atomic E-state index is 0.0509. The van der Waals surface area contributed by atoms with Crippen LogP contribution in [-0.4, -0.2) is 60.8 Å². The molecule has 5 N–H and O–H groups in total. The minimum Gasteiger partial charge on any atom is -0.390 e. The van der Waals surface area contributed by atoms with Gasteiger partial charge in [-0.05, 0) is 92.6 Å². The highest BCUT2D eigenvalue weighted by Gasteiger charge is 2.69. The quantitative estimate of drug-likeness (QED) is 0.415. The van der Waals surface area contributed by atoms with Crippen molar-refractivity contribution in [2.75, 3.05) is 0 Å². The summed E-state index contributed by atoms with van der Waals surface area (Å²) >= 11 is 0. The molecule has 34 heavy (non-hydrogen) atoms. The second-order valence-corrected chi connectivity index (χ2v) is 13.3. The van der Waals surface area contributed by atoms with Gasteiger partial charge in [0.25, 0.3) is 0 Å². The molecule has 0 aromatic heterocycles. The number of allylic oxidation sites excluding steroid dienone is 1. The maximum Gasteiger partial charge on any atom is 0.159 e. The summed E-state index contributed by atoms with van der Waals surface area (Å²) < 4.78 is 0. The highest BCUT2D eigenvalue weighted by molar-refractivity contribution is 5.95. The van der Waals surface area contributed by atoms with Gasteiger partial charge < -0.3 is 25.5 Å². The number of hydrogen-bond donors (Lipinski definition) is 5. The Hall–Kier alpha value is -0.790. The molecule has 6 heteroatoms. The third-order valence-electron chi connectivity index (χ3n) is 11.2. The van der Waals surface area contributed by atoms with Gasteiger partial charge >= 0.3 is 0 Å². The third-order valence-corrected chi connectivity index (χ3v) is 11.2. The molecule has 0 saturated heterocycles. The molecule has 194 valence electrons. The molecule has 0 aromatic carbocycles. The third kappa shape index (κ3) is 3.58. The molecule has 0 unspecified atom stereocenters. The van der Waals surface area contributed by atoms with Crippen molar-refractivity contribution in [3.63, 3.8) is 0 Å². The van der Waals surface area contributed by atoms with Crippen molar-refractivity contribution in [1.82, 2.24) is 0 Å². The maximum absolute atomic E-state index is 13.3. The van der Waals surface area contributed by atoms with E-state index in [-0.39, 0.29) is 35.9 Å². The molecule has 0 spiro atoms. The Bertz CT molecular complexity index is 850. The average Bonchev–Trinajstić information content (AvgIpc) is 3.02. The summed E-state index contributed by atoms with van der Waals surface area (Å²) in [5.41, 5.74) is -3.03. The molecule has 0 aliphatic heterocycles. The van der Waals surface area contributed by atoms with E-state index in [1.165, 1.54) is 0 Å². The van der Waals surface area contributed by atoms with E-state index in [9.17, 15) is 30.3 Å². The zero-order valence-electron chi connectivity index (χ0n) is 21.8. The lowest BCUT2D eigenvalue weighted by molar-refractivity contribution is -0.177. The molecule has 4 aliphatic rings. The first-order valence-electron chi connectivity index (χ1n) is 13.3. The predicted octanol–water partition coefficient (Wildman–Crippen LogP) is 2.99. The van der Waals surface area contributed by atoms with Crippen LogP contribution in [0.15, 0.2) is 11.6 Å². The van der Waals surface area contributed by atoms with Gasteiger partial charge in [-0.25, -0.2) is 0 Å². The minimum atomic E-state index is -1.36. The van der Waals surface area contributed by atoms with Crippen LogP contribution < -0.4 is 0 Å². The van der Waals surface area contributed by atoms with Crippen LogP contribution in [0.2, 0.25) is 0 Å². The van der Waals surface area contributed by atoms with Gasteiger partial charge in [0.05, 0.1) is 29.5 Å². The number of rotatable bonds is 5. The molecule has 0 bridgehead atoms. The van der Waals surface area contributed by atoms with Gasteiger partial charge in [-0.2, -0.15) is 0 Å². The number of aliphatic hydroxyl groups excluding tert-OH is 3.